The van der Waals surface area contributed by atoms with Gasteiger partial charge in [-0.1, -0.05) is 0 Å². The van der Waals surface area contributed by atoms with Gasteiger partial charge in [-0.15, -0.1) is 11.3 Å². The van der Waals surface area contributed by atoms with Gasteiger partial charge in [0.05, 0.1) is 3.79 Å². The Hall–Kier alpha value is 0.140. The first-order valence-electron chi connectivity index (χ1n) is 4.76. The smallest absolute Gasteiger partial charge is 0.0701 e. The molecule has 72 valence electrons. The minimum absolute atomic E-state index is 0.458. The highest BCUT2D eigenvalue weighted by atomic mass is 79.9. The maximum atomic E-state index is 5.87. The van der Waals surface area contributed by atoms with Crippen LogP contribution in [0.4, 0.5) is 0 Å². The van der Waals surface area contributed by atoms with Crippen LogP contribution in [0.15, 0.2) is 15.9 Å². The zero-order valence-electron chi connectivity index (χ0n) is 7.50. The lowest BCUT2D eigenvalue weighted by molar-refractivity contribution is 0.399. The normalized spacial score (nSPS) is 29.1. The average Bonchev–Trinajstić information content (AvgIpc) is 2.53. The zero-order valence-corrected chi connectivity index (χ0v) is 9.90. The third kappa shape index (κ3) is 2.33. The molecular formula is C10H14BrNS. The molecule has 2 rings (SSSR count). The number of hydrogen-bond donors (Lipinski definition) is 1. The molecule has 1 nitrogen and oxygen atoms in total. The minimum Gasteiger partial charge on any atom is -0.328 e. The maximum Gasteiger partial charge on any atom is 0.0701 e. The number of nitrogens with two attached hydrogens (primary N) is 1. The molecule has 2 N–H and O–H groups in total. The number of hydrogen-bond acceptors (Lipinski definition) is 2. The third-order valence-electron chi connectivity index (χ3n) is 2.77. The van der Waals surface area contributed by atoms with Crippen LogP contribution >= 0.6 is 27.3 Å². The summed E-state index contributed by atoms with van der Waals surface area (Å²) in [4.78, 5) is 1.53. The second-order valence-corrected chi connectivity index (χ2v) is 6.25. The van der Waals surface area contributed by atoms with Gasteiger partial charge >= 0.3 is 0 Å². The van der Waals surface area contributed by atoms with Crippen LogP contribution in [-0.4, -0.2) is 6.04 Å². The van der Waals surface area contributed by atoms with Crippen LogP contribution in [0.5, 0.6) is 0 Å². The van der Waals surface area contributed by atoms with Crippen molar-refractivity contribution < 1.29 is 0 Å². The summed E-state index contributed by atoms with van der Waals surface area (Å²) in [6, 6.07) is 4.85. The Bertz CT molecular complexity index is 276. The lowest BCUT2D eigenvalue weighted by Gasteiger charge is -2.24. The first-order chi connectivity index (χ1) is 6.25. The summed E-state index contributed by atoms with van der Waals surface area (Å²) in [5, 5.41) is 0. The highest BCUT2D eigenvalue weighted by Gasteiger charge is 2.20. The quantitative estimate of drug-likeness (QED) is 0.821. The van der Waals surface area contributed by atoms with Crippen molar-refractivity contribution in [2.45, 2.75) is 37.6 Å². The monoisotopic (exact) mass is 259 g/mol. The fourth-order valence-electron chi connectivity index (χ4n) is 1.95. The zero-order chi connectivity index (χ0) is 9.26. The Morgan fingerprint density at radius 3 is 2.46 bits per heavy atom. The van der Waals surface area contributed by atoms with E-state index >= 15 is 0 Å². The predicted molar refractivity (Wildman–Crippen MR) is 61.2 cm³/mol. The fourth-order valence-corrected chi connectivity index (χ4v) is 3.54. The van der Waals surface area contributed by atoms with Crippen LogP contribution < -0.4 is 5.73 Å². The SMILES string of the molecule is NC1CCC(c2ccc(Br)s2)CC1. The second-order valence-electron chi connectivity index (χ2n) is 3.75. The summed E-state index contributed by atoms with van der Waals surface area (Å²) in [6.45, 7) is 0. The van der Waals surface area contributed by atoms with Crippen molar-refractivity contribution in [2.75, 3.05) is 0 Å². The van der Waals surface area contributed by atoms with Crippen LogP contribution in [0.2, 0.25) is 0 Å². The maximum absolute atomic E-state index is 5.87. The fraction of sp³-hybridized carbons (Fsp3) is 0.600. The summed E-state index contributed by atoms with van der Waals surface area (Å²) < 4.78 is 1.25. The first kappa shape index (κ1) is 9.69. The van der Waals surface area contributed by atoms with Crippen molar-refractivity contribution in [2.24, 2.45) is 5.73 Å². The Morgan fingerprint density at radius 2 is 1.92 bits per heavy atom. The van der Waals surface area contributed by atoms with Gasteiger partial charge in [-0.05, 0) is 59.7 Å². The van der Waals surface area contributed by atoms with Gasteiger partial charge in [-0.25, -0.2) is 0 Å². The Balaban J connectivity index is 2.02. The van der Waals surface area contributed by atoms with E-state index in [0.29, 0.717) is 6.04 Å². The molecule has 0 bridgehead atoms. The van der Waals surface area contributed by atoms with Crippen LogP contribution in [-0.2, 0) is 0 Å². The molecule has 0 radical (unpaired) electrons. The van der Waals surface area contributed by atoms with Crippen molar-refractivity contribution in [3.05, 3.63) is 20.8 Å². The lowest BCUT2D eigenvalue weighted by atomic mass is 9.86. The highest BCUT2D eigenvalue weighted by molar-refractivity contribution is 9.11. The molecule has 1 aromatic heterocycles. The van der Waals surface area contributed by atoms with Gasteiger partial charge in [-0.3, -0.25) is 0 Å². The van der Waals surface area contributed by atoms with E-state index in [1.807, 2.05) is 11.3 Å². The van der Waals surface area contributed by atoms with Gasteiger partial charge in [0.15, 0.2) is 0 Å². The van der Waals surface area contributed by atoms with E-state index in [4.69, 9.17) is 5.73 Å². The molecule has 0 aliphatic heterocycles. The van der Waals surface area contributed by atoms with Gasteiger partial charge in [0, 0.05) is 10.9 Å². The van der Waals surface area contributed by atoms with Crippen LogP contribution in [0, 0.1) is 0 Å². The van der Waals surface area contributed by atoms with E-state index in [1.165, 1.54) is 34.3 Å². The summed E-state index contributed by atoms with van der Waals surface area (Å²) in [6.07, 6.45) is 4.93. The first-order valence-corrected chi connectivity index (χ1v) is 6.37. The van der Waals surface area contributed by atoms with Gasteiger partial charge in [0.25, 0.3) is 0 Å². The number of halogens is 1. The van der Waals surface area contributed by atoms with Crippen molar-refractivity contribution in [1.82, 2.24) is 0 Å². The Morgan fingerprint density at radius 1 is 1.23 bits per heavy atom. The molecule has 1 aliphatic carbocycles. The van der Waals surface area contributed by atoms with Crippen molar-refractivity contribution in [1.29, 1.82) is 0 Å². The summed E-state index contributed by atoms with van der Waals surface area (Å²) in [7, 11) is 0. The molecular weight excluding hydrogens is 246 g/mol. The number of rotatable bonds is 1. The standard InChI is InChI=1S/C10H14BrNS/c11-10-6-5-9(13-10)7-1-3-8(12)4-2-7/h5-8H,1-4,12H2. The van der Waals surface area contributed by atoms with Crippen molar-refractivity contribution >= 4 is 27.3 Å². The average molecular weight is 260 g/mol. The molecule has 3 heteroatoms. The van der Waals surface area contributed by atoms with Crippen molar-refractivity contribution in [3.63, 3.8) is 0 Å². The molecule has 1 saturated carbocycles. The van der Waals surface area contributed by atoms with Crippen LogP contribution in [0.25, 0.3) is 0 Å². The predicted octanol–water partition coefficient (Wildman–Crippen LogP) is 3.50. The lowest BCUT2D eigenvalue weighted by Crippen LogP contribution is -2.25. The summed E-state index contributed by atoms with van der Waals surface area (Å²) in [5.74, 6) is 0.774. The van der Waals surface area contributed by atoms with E-state index in [0.717, 1.165) is 5.92 Å². The molecule has 1 aliphatic rings. The van der Waals surface area contributed by atoms with E-state index in [1.54, 1.807) is 0 Å². The summed E-state index contributed by atoms with van der Waals surface area (Å²) >= 11 is 5.38. The van der Waals surface area contributed by atoms with Crippen molar-refractivity contribution in [3.8, 4) is 0 Å². The van der Waals surface area contributed by atoms with E-state index in [-0.39, 0.29) is 0 Å². The van der Waals surface area contributed by atoms with E-state index in [2.05, 4.69) is 28.1 Å². The molecule has 1 heterocycles. The third-order valence-corrected chi connectivity index (χ3v) is 4.55. The van der Waals surface area contributed by atoms with Gasteiger partial charge in [0.2, 0.25) is 0 Å². The Labute approximate surface area is 91.5 Å². The van der Waals surface area contributed by atoms with E-state index < -0.39 is 0 Å². The summed E-state index contributed by atoms with van der Waals surface area (Å²) in [5.41, 5.74) is 5.87. The molecule has 0 unspecified atom stereocenters. The molecule has 0 amide bonds. The number of thiophene rings is 1. The molecule has 0 atom stereocenters. The Kier molecular flexibility index (Phi) is 3.06. The molecule has 1 fully saturated rings. The second kappa shape index (κ2) is 4.11. The molecule has 0 spiro atoms. The molecule has 13 heavy (non-hydrogen) atoms. The van der Waals surface area contributed by atoms with Crippen LogP contribution in [0.3, 0.4) is 0 Å². The topological polar surface area (TPSA) is 26.0 Å². The van der Waals surface area contributed by atoms with E-state index in [9.17, 15) is 0 Å². The minimum atomic E-state index is 0.458. The largest absolute Gasteiger partial charge is 0.328 e. The molecule has 1 aromatic rings. The van der Waals surface area contributed by atoms with Gasteiger partial charge < -0.3 is 5.73 Å². The van der Waals surface area contributed by atoms with Crippen LogP contribution in [0.1, 0.15) is 36.5 Å². The highest BCUT2D eigenvalue weighted by Crippen LogP contribution is 2.37. The molecule has 0 saturated heterocycles. The van der Waals surface area contributed by atoms with Gasteiger partial charge in [-0.2, -0.15) is 0 Å². The molecule has 0 aromatic carbocycles. The van der Waals surface area contributed by atoms with Gasteiger partial charge in [0.1, 0.15) is 0 Å².